The highest BCUT2D eigenvalue weighted by atomic mass is 32.2. The van der Waals surface area contributed by atoms with E-state index in [9.17, 15) is 22.8 Å². The molecule has 9 heteroatoms. The van der Waals surface area contributed by atoms with E-state index in [2.05, 4.69) is 0 Å². The Labute approximate surface area is 167 Å². The minimum Gasteiger partial charge on any atom is -0.497 e. The maximum absolute atomic E-state index is 12.7. The van der Waals surface area contributed by atoms with Gasteiger partial charge in [0.1, 0.15) is 17.5 Å². The molecule has 0 aromatic heterocycles. The Hall–Kier alpha value is -3.20. The van der Waals surface area contributed by atoms with Crippen LogP contribution in [0.25, 0.3) is 0 Å². The zero-order valence-electron chi connectivity index (χ0n) is 15.6. The molecule has 0 atom stereocenters. The smallest absolute Gasteiger partial charge is 0.262 e. The lowest BCUT2D eigenvalue weighted by Gasteiger charge is -2.39. The average molecular weight is 414 g/mol. The lowest BCUT2D eigenvalue weighted by atomic mass is 10.1. The second-order valence-corrected chi connectivity index (χ2v) is 9.11. The zero-order chi connectivity index (χ0) is 20.8. The number of hydrogen-bond donors (Lipinski definition) is 0. The van der Waals surface area contributed by atoms with Crippen molar-refractivity contribution < 1.29 is 27.5 Å². The molecule has 0 radical (unpaired) electrons. The van der Waals surface area contributed by atoms with Crippen LogP contribution in [0.4, 0.5) is 0 Å². The van der Waals surface area contributed by atoms with E-state index in [0.717, 1.165) is 4.90 Å². The van der Waals surface area contributed by atoms with E-state index in [1.165, 1.54) is 24.1 Å². The number of carbonyl (C=O) groups is 3. The number of nitrogens with zero attached hydrogens (tertiary/aromatic N) is 2. The van der Waals surface area contributed by atoms with Crippen molar-refractivity contribution >= 4 is 27.6 Å². The Morgan fingerprint density at radius 1 is 1.00 bits per heavy atom. The van der Waals surface area contributed by atoms with Gasteiger partial charge in [0.05, 0.1) is 23.1 Å². The fourth-order valence-electron chi connectivity index (χ4n) is 3.41. The first kappa shape index (κ1) is 19.1. The molecular weight excluding hydrogens is 396 g/mol. The number of amides is 3. The number of sulfone groups is 1. The number of ether oxygens (including phenoxy) is 1. The van der Waals surface area contributed by atoms with Gasteiger partial charge in [-0.15, -0.1) is 0 Å². The summed E-state index contributed by atoms with van der Waals surface area (Å²) in [6.07, 6.45) is 0. The summed E-state index contributed by atoms with van der Waals surface area (Å²) in [4.78, 5) is 39.6. The molecule has 0 N–H and O–H groups in total. The molecule has 2 aromatic carbocycles. The van der Waals surface area contributed by atoms with Crippen LogP contribution in [0.2, 0.25) is 0 Å². The zero-order valence-corrected chi connectivity index (χ0v) is 16.4. The molecule has 4 rings (SSSR count). The molecule has 3 amide bonds. The van der Waals surface area contributed by atoms with Crippen LogP contribution in [0.15, 0.2) is 53.4 Å². The maximum atomic E-state index is 12.7. The van der Waals surface area contributed by atoms with E-state index in [0.29, 0.717) is 5.75 Å². The molecule has 0 saturated carbocycles. The first-order valence-electron chi connectivity index (χ1n) is 8.94. The molecule has 0 unspecified atom stereocenters. The lowest BCUT2D eigenvalue weighted by molar-refractivity contribution is -0.134. The van der Waals surface area contributed by atoms with Crippen molar-refractivity contribution in [1.82, 2.24) is 9.80 Å². The van der Waals surface area contributed by atoms with Crippen LogP contribution in [0.1, 0.15) is 20.7 Å². The fourth-order valence-corrected chi connectivity index (χ4v) is 5.07. The average Bonchev–Trinajstić information content (AvgIpc) is 2.92. The monoisotopic (exact) mass is 414 g/mol. The standard InChI is InChI=1S/C20H18N2O6S/c1-28-13-6-8-14(9-7-13)29(26,27)15-10-21(11-15)18(23)12-22-19(24)16-4-2-3-5-17(16)20(22)25/h2-9,15H,10-12H2,1H3. The number of benzene rings is 2. The molecule has 2 aliphatic heterocycles. The normalized spacial score (nSPS) is 16.6. The Balaban J connectivity index is 1.39. The minimum absolute atomic E-state index is 0.0242. The molecule has 0 spiro atoms. The van der Waals surface area contributed by atoms with E-state index >= 15 is 0 Å². The number of carbonyl (C=O) groups excluding carboxylic acids is 3. The van der Waals surface area contributed by atoms with Crippen molar-refractivity contribution in [2.45, 2.75) is 10.1 Å². The predicted octanol–water partition coefficient (Wildman–Crippen LogP) is 0.976. The molecule has 150 valence electrons. The van der Waals surface area contributed by atoms with Crippen molar-refractivity contribution in [3.63, 3.8) is 0 Å². The van der Waals surface area contributed by atoms with E-state index in [1.807, 2.05) is 0 Å². The predicted molar refractivity (Wildman–Crippen MR) is 102 cm³/mol. The largest absolute Gasteiger partial charge is 0.497 e. The van der Waals surface area contributed by atoms with Crippen molar-refractivity contribution in [1.29, 1.82) is 0 Å². The first-order chi connectivity index (χ1) is 13.8. The summed E-state index contributed by atoms with van der Waals surface area (Å²) in [7, 11) is -2.09. The van der Waals surface area contributed by atoms with Gasteiger partial charge in [-0.1, -0.05) is 12.1 Å². The molecule has 1 fully saturated rings. The summed E-state index contributed by atoms with van der Waals surface area (Å²) in [5.74, 6) is -0.931. The van der Waals surface area contributed by atoms with Crippen LogP contribution < -0.4 is 4.74 Å². The quantitative estimate of drug-likeness (QED) is 0.676. The SMILES string of the molecule is COc1ccc(S(=O)(=O)C2CN(C(=O)CN3C(=O)c4ccccc4C3=O)C2)cc1. The van der Waals surface area contributed by atoms with Crippen LogP contribution in [0.5, 0.6) is 5.75 Å². The third-order valence-electron chi connectivity index (χ3n) is 5.20. The molecule has 29 heavy (non-hydrogen) atoms. The Kier molecular flexibility index (Phi) is 4.62. The number of imide groups is 1. The topological polar surface area (TPSA) is 101 Å². The van der Waals surface area contributed by atoms with E-state index < -0.39 is 39.4 Å². The van der Waals surface area contributed by atoms with Gasteiger partial charge < -0.3 is 9.64 Å². The van der Waals surface area contributed by atoms with Crippen LogP contribution in [0, 0.1) is 0 Å². The highest BCUT2D eigenvalue weighted by molar-refractivity contribution is 7.92. The third kappa shape index (κ3) is 3.17. The van der Waals surface area contributed by atoms with Gasteiger partial charge >= 0.3 is 0 Å². The first-order valence-corrected chi connectivity index (χ1v) is 10.5. The molecule has 2 heterocycles. The van der Waals surface area contributed by atoms with Gasteiger partial charge in [0.15, 0.2) is 9.84 Å². The van der Waals surface area contributed by atoms with Crippen molar-refractivity contribution in [2.24, 2.45) is 0 Å². The van der Waals surface area contributed by atoms with Crippen LogP contribution >= 0.6 is 0 Å². The van der Waals surface area contributed by atoms with Gasteiger partial charge in [0, 0.05) is 13.1 Å². The van der Waals surface area contributed by atoms with Gasteiger partial charge in [-0.05, 0) is 36.4 Å². The van der Waals surface area contributed by atoms with Crippen molar-refractivity contribution in [3.8, 4) is 5.75 Å². The van der Waals surface area contributed by atoms with E-state index in [1.54, 1.807) is 36.4 Å². The number of fused-ring (bicyclic) bond motifs is 1. The Morgan fingerprint density at radius 3 is 2.07 bits per heavy atom. The number of rotatable bonds is 5. The van der Waals surface area contributed by atoms with E-state index in [4.69, 9.17) is 4.74 Å². The lowest BCUT2D eigenvalue weighted by Crippen LogP contribution is -2.59. The summed E-state index contributed by atoms with van der Waals surface area (Å²) in [6.45, 7) is -0.353. The highest BCUT2D eigenvalue weighted by Crippen LogP contribution is 2.27. The van der Waals surface area contributed by atoms with Gasteiger partial charge in [0.2, 0.25) is 5.91 Å². The van der Waals surface area contributed by atoms with Crippen molar-refractivity contribution in [3.05, 3.63) is 59.7 Å². The summed E-state index contributed by atoms with van der Waals surface area (Å²) in [6, 6.07) is 12.5. The maximum Gasteiger partial charge on any atom is 0.262 e. The Bertz CT molecular complexity index is 1070. The Morgan fingerprint density at radius 2 is 1.55 bits per heavy atom. The number of hydrogen-bond acceptors (Lipinski definition) is 6. The molecule has 2 aliphatic rings. The third-order valence-corrected chi connectivity index (χ3v) is 7.30. The van der Waals surface area contributed by atoms with Crippen LogP contribution in [0.3, 0.4) is 0 Å². The summed E-state index contributed by atoms with van der Waals surface area (Å²) < 4.78 is 30.4. The second kappa shape index (κ2) is 7.00. The van der Waals surface area contributed by atoms with Crippen molar-refractivity contribution in [2.75, 3.05) is 26.7 Å². The molecule has 0 bridgehead atoms. The van der Waals surface area contributed by atoms with Gasteiger partial charge in [0.25, 0.3) is 11.8 Å². The summed E-state index contributed by atoms with van der Waals surface area (Å²) in [5, 5.41) is -0.720. The molecule has 2 aromatic rings. The fraction of sp³-hybridized carbons (Fsp3) is 0.250. The van der Waals surface area contributed by atoms with Gasteiger partial charge in [-0.25, -0.2) is 8.42 Å². The summed E-state index contributed by atoms with van der Waals surface area (Å²) >= 11 is 0. The molecule has 1 saturated heterocycles. The van der Waals surface area contributed by atoms with Crippen LogP contribution in [-0.4, -0.2) is 67.9 Å². The second-order valence-electron chi connectivity index (χ2n) is 6.88. The summed E-state index contributed by atoms with van der Waals surface area (Å²) in [5.41, 5.74) is 0.544. The molecule has 8 nitrogen and oxygen atoms in total. The highest BCUT2D eigenvalue weighted by Gasteiger charge is 2.43. The van der Waals surface area contributed by atoms with Crippen LogP contribution in [-0.2, 0) is 14.6 Å². The minimum atomic E-state index is -3.58. The molecule has 0 aliphatic carbocycles. The van der Waals surface area contributed by atoms with Gasteiger partial charge in [-0.2, -0.15) is 0 Å². The van der Waals surface area contributed by atoms with Gasteiger partial charge in [-0.3, -0.25) is 19.3 Å². The number of likely N-dealkylation sites (tertiary alicyclic amines) is 1. The van der Waals surface area contributed by atoms with E-state index in [-0.39, 0.29) is 29.1 Å². The molecular formula is C20H18N2O6S. The number of methoxy groups -OCH3 is 1.